The zero-order valence-electron chi connectivity index (χ0n) is 28.2. The van der Waals surface area contributed by atoms with Crippen LogP contribution in [-0.4, -0.2) is 29.2 Å². The summed E-state index contributed by atoms with van der Waals surface area (Å²) in [5, 5.41) is 0. The van der Waals surface area contributed by atoms with E-state index in [0.29, 0.717) is 12.8 Å². The van der Waals surface area contributed by atoms with Crippen molar-refractivity contribution in [3.63, 3.8) is 0 Å². The van der Waals surface area contributed by atoms with Gasteiger partial charge >= 0.3 is 0 Å². The van der Waals surface area contributed by atoms with Crippen LogP contribution in [0.4, 0.5) is 0 Å². The van der Waals surface area contributed by atoms with Gasteiger partial charge in [0, 0.05) is 30.2 Å². The molecule has 0 fully saturated rings. The Kier molecular flexibility index (Phi) is 45.6. The molecule has 3 radical (unpaired) electrons. The van der Waals surface area contributed by atoms with Gasteiger partial charge in [0.2, 0.25) is 11.8 Å². The van der Waals surface area contributed by atoms with Gasteiger partial charge in [0.1, 0.15) is 0 Å². The SMILES string of the molecule is CCCCCCCCCCCCCCCCCC(N)=O.CCCCCCCCCCCCCCCCCC(N)=O.[Al]. The summed E-state index contributed by atoms with van der Waals surface area (Å²) in [6.07, 6.45) is 41.8. The van der Waals surface area contributed by atoms with Crippen molar-refractivity contribution in [2.45, 2.75) is 219 Å². The number of unbranched alkanes of at least 4 members (excludes halogenated alkanes) is 28. The minimum Gasteiger partial charge on any atom is -0.370 e. The molecule has 0 spiro atoms. The maximum atomic E-state index is 10.6. The fourth-order valence-electron chi connectivity index (χ4n) is 5.34. The first-order valence-electron chi connectivity index (χ1n) is 18.1. The largest absolute Gasteiger partial charge is 0.370 e. The van der Waals surface area contributed by atoms with Gasteiger partial charge < -0.3 is 11.5 Å². The summed E-state index contributed by atoms with van der Waals surface area (Å²) in [5.41, 5.74) is 10.2. The monoisotopic (exact) mass is 594 g/mol. The van der Waals surface area contributed by atoms with Gasteiger partial charge in [0.05, 0.1) is 0 Å². The van der Waals surface area contributed by atoms with E-state index in [9.17, 15) is 9.59 Å². The molecule has 0 aromatic carbocycles. The molecular formula is C36H74AlN2O2. The quantitative estimate of drug-likeness (QED) is 0.0600. The van der Waals surface area contributed by atoms with Crippen molar-refractivity contribution in [2.75, 3.05) is 0 Å². The molecule has 0 aliphatic carbocycles. The summed E-state index contributed by atoms with van der Waals surface area (Å²) >= 11 is 0. The van der Waals surface area contributed by atoms with E-state index in [1.54, 1.807) is 0 Å². The van der Waals surface area contributed by atoms with Gasteiger partial charge in [-0.25, -0.2) is 0 Å². The summed E-state index contributed by atoms with van der Waals surface area (Å²) < 4.78 is 0. The van der Waals surface area contributed by atoms with E-state index in [4.69, 9.17) is 11.5 Å². The maximum absolute atomic E-state index is 10.6. The van der Waals surface area contributed by atoms with Crippen LogP contribution < -0.4 is 11.5 Å². The molecule has 41 heavy (non-hydrogen) atoms. The average Bonchev–Trinajstić information content (AvgIpc) is 2.93. The lowest BCUT2D eigenvalue weighted by atomic mass is 10.0. The zero-order chi connectivity index (χ0) is 29.8. The van der Waals surface area contributed by atoms with Gasteiger partial charge in [-0.2, -0.15) is 0 Å². The lowest BCUT2D eigenvalue weighted by molar-refractivity contribution is -0.119. The van der Waals surface area contributed by atoms with Crippen LogP contribution in [0.15, 0.2) is 0 Å². The number of hydrogen-bond donors (Lipinski definition) is 2. The molecule has 0 aromatic heterocycles. The Bertz CT molecular complexity index is 458. The summed E-state index contributed by atoms with van der Waals surface area (Å²) in [5.74, 6) is -0.306. The molecule has 2 amide bonds. The van der Waals surface area contributed by atoms with Gasteiger partial charge in [-0.15, -0.1) is 0 Å². The molecule has 0 aromatic rings. The van der Waals surface area contributed by atoms with E-state index >= 15 is 0 Å². The third-order valence-electron chi connectivity index (χ3n) is 8.05. The molecule has 0 aliphatic heterocycles. The Morgan fingerprint density at radius 1 is 0.317 bits per heavy atom. The first-order valence-corrected chi connectivity index (χ1v) is 18.1. The number of hydrogen-bond acceptors (Lipinski definition) is 2. The highest BCUT2D eigenvalue weighted by Crippen LogP contribution is 2.15. The third-order valence-corrected chi connectivity index (χ3v) is 8.05. The molecule has 0 unspecified atom stereocenters. The fraction of sp³-hybridized carbons (Fsp3) is 0.944. The molecule has 5 heteroatoms. The second-order valence-electron chi connectivity index (χ2n) is 12.3. The highest BCUT2D eigenvalue weighted by Gasteiger charge is 1.97. The van der Waals surface area contributed by atoms with E-state index in [1.165, 1.54) is 180 Å². The number of amides is 2. The third kappa shape index (κ3) is 49.5. The Morgan fingerprint density at radius 2 is 0.463 bits per heavy atom. The van der Waals surface area contributed by atoms with Gasteiger partial charge in [0.15, 0.2) is 0 Å². The van der Waals surface area contributed by atoms with Gasteiger partial charge in [-0.05, 0) is 12.8 Å². The molecule has 4 N–H and O–H groups in total. The van der Waals surface area contributed by atoms with Crippen LogP contribution in [0.5, 0.6) is 0 Å². The highest BCUT2D eigenvalue weighted by molar-refractivity contribution is 5.75. The van der Waals surface area contributed by atoms with Crippen LogP contribution in [-0.2, 0) is 9.59 Å². The van der Waals surface area contributed by atoms with Crippen molar-refractivity contribution >= 4 is 29.2 Å². The maximum Gasteiger partial charge on any atom is 0.217 e. The Labute approximate surface area is 268 Å². The number of rotatable bonds is 32. The number of carbonyl (C=O) groups is 2. The Hall–Kier alpha value is -0.528. The van der Waals surface area contributed by atoms with Crippen molar-refractivity contribution in [2.24, 2.45) is 11.5 Å². The summed E-state index contributed by atoms with van der Waals surface area (Å²) in [7, 11) is 0. The van der Waals surface area contributed by atoms with Crippen LogP contribution in [0.3, 0.4) is 0 Å². The van der Waals surface area contributed by atoms with Crippen LogP contribution in [0, 0.1) is 0 Å². The molecule has 0 saturated carbocycles. The predicted molar refractivity (Wildman–Crippen MR) is 183 cm³/mol. The summed E-state index contributed by atoms with van der Waals surface area (Å²) in [6.45, 7) is 4.55. The molecule has 0 saturated heterocycles. The zero-order valence-corrected chi connectivity index (χ0v) is 29.3. The van der Waals surface area contributed by atoms with Crippen LogP contribution >= 0.6 is 0 Å². The standard InChI is InChI=1S/2C18H37NO.Al/c2*1-2-3-4-5-6-7-8-9-10-11-12-13-14-15-16-17-18(19)20;/h2*2-17H2,1H3,(H2,19,20);. The minimum atomic E-state index is -0.153. The van der Waals surface area contributed by atoms with Crippen molar-refractivity contribution in [3.8, 4) is 0 Å². The van der Waals surface area contributed by atoms with Crippen molar-refractivity contribution in [3.05, 3.63) is 0 Å². The van der Waals surface area contributed by atoms with Crippen molar-refractivity contribution in [1.29, 1.82) is 0 Å². The minimum absolute atomic E-state index is 0. The molecule has 0 bridgehead atoms. The molecule has 0 atom stereocenters. The van der Waals surface area contributed by atoms with Gasteiger partial charge in [0.25, 0.3) is 0 Å². The Balaban J connectivity index is -0.000000688. The topological polar surface area (TPSA) is 86.2 Å². The van der Waals surface area contributed by atoms with E-state index < -0.39 is 0 Å². The fourth-order valence-corrected chi connectivity index (χ4v) is 5.34. The average molecular weight is 594 g/mol. The van der Waals surface area contributed by atoms with E-state index in [1.807, 2.05) is 0 Å². The van der Waals surface area contributed by atoms with Gasteiger partial charge in [-0.3, -0.25) is 9.59 Å². The Morgan fingerprint density at radius 3 is 0.610 bits per heavy atom. The second-order valence-corrected chi connectivity index (χ2v) is 12.3. The molecule has 0 rings (SSSR count). The van der Waals surface area contributed by atoms with Gasteiger partial charge in [-0.1, -0.05) is 194 Å². The lowest BCUT2D eigenvalue weighted by Gasteiger charge is -2.03. The van der Waals surface area contributed by atoms with E-state index in [-0.39, 0.29) is 29.2 Å². The van der Waals surface area contributed by atoms with Crippen LogP contribution in [0.1, 0.15) is 219 Å². The molecule has 243 valence electrons. The van der Waals surface area contributed by atoms with E-state index in [0.717, 1.165) is 12.8 Å². The van der Waals surface area contributed by atoms with E-state index in [2.05, 4.69) is 13.8 Å². The second kappa shape index (κ2) is 41.6. The number of carbonyl (C=O) groups excluding carboxylic acids is 2. The smallest absolute Gasteiger partial charge is 0.217 e. The van der Waals surface area contributed by atoms with Crippen LogP contribution in [0.25, 0.3) is 0 Å². The first-order chi connectivity index (χ1) is 19.5. The molecule has 0 aliphatic rings. The molecular weight excluding hydrogens is 519 g/mol. The normalized spacial score (nSPS) is 10.6. The van der Waals surface area contributed by atoms with Crippen molar-refractivity contribution in [1.82, 2.24) is 0 Å². The van der Waals surface area contributed by atoms with Crippen molar-refractivity contribution < 1.29 is 9.59 Å². The lowest BCUT2D eigenvalue weighted by Crippen LogP contribution is -2.09. The number of primary amides is 2. The molecule has 4 nitrogen and oxygen atoms in total. The number of nitrogens with two attached hydrogens (primary N) is 2. The summed E-state index contributed by atoms with van der Waals surface area (Å²) in [6, 6.07) is 0. The molecule has 0 heterocycles. The van der Waals surface area contributed by atoms with Crippen LogP contribution in [0.2, 0.25) is 0 Å². The summed E-state index contributed by atoms with van der Waals surface area (Å²) in [4.78, 5) is 21.1. The predicted octanol–water partition coefficient (Wildman–Crippen LogP) is 11.1. The highest BCUT2D eigenvalue weighted by atomic mass is 27.0. The first kappa shape index (κ1) is 44.9.